The van der Waals surface area contributed by atoms with Gasteiger partial charge in [-0.25, -0.2) is 0 Å². The molecule has 0 aliphatic rings. The van der Waals surface area contributed by atoms with Crippen molar-refractivity contribution in [2.45, 2.75) is 33.1 Å². The normalized spacial score (nSPS) is 11.4. The third-order valence-corrected chi connectivity index (χ3v) is 1.63. The molecule has 0 radical (unpaired) electrons. The summed E-state index contributed by atoms with van der Waals surface area (Å²) in [7, 11) is 0. The Kier molecular flexibility index (Phi) is 5.12. The van der Waals surface area contributed by atoms with Gasteiger partial charge in [-0.2, -0.15) is 5.26 Å². The molecule has 0 rings (SSSR count). The Morgan fingerprint density at radius 3 is 2.50 bits per heavy atom. The molecule has 0 aromatic rings. The quantitative estimate of drug-likeness (QED) is 0.450. The zero-order valence-electron chi connectivity index (χ0n) is 8.01. The maximum absolute atomic E-state index is 8.70. The smallest absolute Gasteiger partial charge is 0.0687 e. The predicted octanol–water partition coefficient (Wildman–Crippen LogP) is 3.45. The number of unbranched alkanes of at least 4 members (excludes halogenated alkanes) is 1. The highest BCUT2D eigenvalue weighted by molar-refractivity contribution is 4.98. The molecule has 0 saturated heterocycles. The molecule has 0 aromatic carbocycles. The van der Waals surface area contributed by atoms with Crippen LogP contribution in [0.4, 0.5) is 0 Å². The second-order valence-corrected chi connectivity index (χ2v) is 3.54. The molecular formula is C11H17N. The van der Waals surface area contributed by atoms with Crippen LogP contribution >= 0.6 is 0 Å². The van der Waals surface area contributed by atoms with Crippen LogP contribution in [0.3, 0.4) is 0 Å². The van der Waals surface area contributed by atoms with Crippen molar-refractivity contribution in [2.24, 2.45) is 5.41 Å². The van der Waals surface area contributed by atoms with Crippen molar-refractivity contribution >= 4 is 0 Å². The Balaban J connectivity index is 3.61. The van der Waals surface area contributed by atoms with Crippen molar-refractivity contribution in [3.8, 4) is 6.07 Å². The maximum Gasteiger partial charge on any atom is 0.0687 e. The predicted molar refractivity (Wildman–Crippen MR) is 52.6 cm³/mol. The molecule has 0 aliphatic carbocycles. The summed E-state index contributed by atoms with van der Waals surface area (Å²) in [5, 5.41) is 8.70. The molecule has 0 unspecified atom stereocenters. The first-order valence-electron chi connectivity index (χ1n) is 4.29. The van der Waals surface area contributed by atoms with Crippen LogP contribution in [0.2, 0.25) is 0 Å². The number of nitriles is 1. The monoisotopic (exact) mass is 163 g/mol. The van der Waals surface area contributed by atoms with Crippen LogP contribution in [0.5, 0.6) is 0 Å². The first kappa shape index (κ1) is 11.0. The van der Waals surface area contributed by atoms with Gasteiger partial charge in [0.15, 0.2) is 0 Å². The minimum absolute atomic E-state index is 0.218. The summed E-state index contributed by atoms with van der Waals surface area (Å²) in [6.45, 7) is 7.54. The fourth-order valence-electron chi connectivity index (χ4n) is 0.756. The second-order valence-electron chi connectivity index (χ2n) is 3.54. The molecule has 12 heavy (non-hydrogen) atoms. The molecule has 0 atom stereocenters. The number of hydrogen-bond acceptors (Lipinski definition) is 1. The Bertz CT molecular complexity index is 194. The third-order valence-electron chi connectivity index (χ3n) is 1.63. The van der Waals surface area contributed by atoms with Crippen molar-refractivity contribution in [2.75, 3.05) is 0 Å². The standard InChI is InChI=1S/C11H17N/c1-4-5-6-7-8-9-11(2,3)10-12/h4,7-8H,1,5-6,9H2,2-3H3. The van der Waals surface area contributed by atoms with E-state index in [1.165, 1.54) is 0 Å². The molecule has 66 valence electrons. The topological polar surface area (TPSA) is 23.8 Å². The van der Waals surface area contributed by atoms with Crippen LogP contribution in [0.15, 0.2) is 24.8 Å². The lowest BCUT2D eigenvalue weighted by Crippen LogP contribution is -2.04. The highest BCUT2D eigenvalue weighted by Gasteiger charge is 2.13. The minimum Gasteiger partial charge on any atom is -0.198 e. The first-order valence-corrected chi connectivity index (χ1v) is 4.29. The molecule has 1 heteroatoms. The summed E-state index contributed by atoms with van der Waals surface area (Å²) in [6.07, 6.45) is 8.97. The SMILES string of the molecule is C=CCCC=CCC(C)(C)C#N. The molecule has 0 fully saturated rings. The molecule has 0 heterocycles. The van der Waals surface area contributed by atoms with Crippen LogP contribution < -0.4 is 0 Å². The van der Waals surface area contributed by atoms with E-state index in [0.717, 1.165) is 19.3 Å². The lowest BCUT2D eigenvalue weighted by molar-refractivity contribution is 0.504. The molecule has 0 bridgehead atoms. The summed E-state index contributed by atoms with van der Waals surface area (Å²) < 4.78 is 0. The van der Waals surface area contributed by atoms with E-state index in [1.807, 2.05) is 19.9 Å². The summed E-state index contributed by atoms with van der Waals surface area (Å²) >= 11 is 0. The van der Waals surface area contributed by atoms with Gasteiger partial charge in [0.2, 0.25) is 0 Å². The van der Waals surface area contributed by atoms with Gasteiger partial charge in [0.05, 0.1) is 11.5 Å². The summed E-state index contributed by atoms with van der Waals surface area (Å²) in [4.78, 5) is 0. The highest BCUT2D eigenvalue weighted by atomic mass is 14.3. The van der Waals surface area contributed by atoms with Crippen molar-refractivity contribution in [1.82, 2.24) is 0 Å². The van der Waals surface area contributed by atoms with Crippen LogP contribution in [-0.4, -0.2) is 0 Å². The number of nitrogens with zero attached hydrogens (tertiary/aromatic N) is 1. The fraction of sp³-hybridized carbons (Fsp3) is 0.545. The highest BCUT2D eigenvalue weighted by Crippen LogP contribution is 2.18. The van der Waals surface area contributed by atoms with Crippen molar-refractivity contribution in [3.05, 3.63) is 24.8 Å². The van der Waals surface area contributed by atoms with Gasteiger partial charge in [-0.3, -0.25) is 0 Å². The minimum atomic E-state index is -0.218. The first-order chi connectivity index (χ1) is 5.62. The van der Waals surface area contributed by atoms with E-state index in [2.05, 4.69) is 24.8 Å². The zero-order valence-corrected chi connectivity index (χ0v) is 8.01. The van der Waals surface area contributed by atoms with Gasteiger partial charge in [0.25, 0.3) is 0 Å². The van der Waals surface area contributed by atoms with Crippen molar-refractivity contribution in [3.63, 3.8) is 0 Å². The summed E-state index contributed by atoms with van der Waals surface area (Å²) in [5.41, 5.74) is -0.218. The van der Waals surface area contributed by atoms with E-state index in [0.29, 0.717) is 0 Å². The van der Waals surface area contributed by atoms with Crippen LogP contribution in [0.25, 0.3) is 0 Å². The molecule has 0 N–H and O–H groups in total. The van der Waals surface area contributed by atoms with E-state index in [-0.39, 0.29) is 5.41 Å². The van der Waals surface area contributed by atoms with E-state index in [1.54, 1.807) is 0 Å². The van der Waals surface area contributed by atoms with E-state index in [4.69, 9.17) is 5.26 Å². The molecule has 0 aliphatic heterocycles. The second kappa shape index (κ2) is 5.60. The average Bonchev–Trinajstić information content (AvgIpc) is 2.04. The average molecular weight is 163 g/mol. The van der Waals surface area contributed by atoms with Crippen LogP contribution in [-0.2, 0) is 0 Å². The van der Waals surface area contributed by atoms with Crippen LogP contribution in [0, 0.1) is 16.7 Å². The van der Waals surface area contributed by atoms with Gasteiger partial charge in [0, 0.05) is 0 Å². The van der Waals surface area contributed by atoms with Crippen LogP contribution in [0.1, 0.15) is 33.1 Å². The lowest BCUT2D eigenvalue weighted by Gasteiger charge is -2.10. The molecule has 1 nitrogen and oxygen atoms in total. The van der Waals surface area contributed by atoms with E-state index >= 15 is 0 Å². The fourth-order valence-corrected chi connectivity index (χ4v) is 0.756. The van der Waals surface area contributed by atoms with E-state index in [9.17, 15) is 0 Å². The third kappa shape index (κ3) is 5.73. The van der Waals surface area contributed by atoms with Crippen molar-refractivity contribution < 1.29 is 0 Å². The Hall–Kier alpha value is -1.03. The summed E-state index contributed by atoms with van der Waals surface area (Å²) in [5.74, 6) is 0. The lowest BCUT2D eigenvalue weighted by atomic mass is 9.91. The Morgan fingerprint density at radius 2 is 2.00 bits per heavy atom. The number of hydrogen-bond donors (Lipinski definition) is 0. The maximum atomic E-state index is 8.70. The molecule has 0 spiro atoms. The van der Waals surface area contributed by atoms with Gasteiger partial charge in [-0.1, -0.05) is 18.2 Å². The van der Waals surface area contributed by atoms with Crippen molar-refractivity contribution in [1.29, 1.82) is 5.26 Å². The summed E-state index contributed by atoms with van der Waals surface area (Å²) in [6, 6.07) is 2.26. The molecule has 0 saturated carbocycles. The van der Waals surface area contributed by atoms with Gasteiger partial charge < -0.3 is 0 Å². The zero-order chi connectivity index (χ0) is 9.45. The van der Waals surface area contributed by atoms with Gasteiger partial charge >= 0.3 is 0 Å². The number of allylic oxidation sites excluding steroid dienone is 3. The van der Waals surface area contributed by atoms with Gasteiger partial charge in [-0.15, -0.1) is 6.58 Å². The molecular weight excluding hydrogens is 146 g/mol. The largest absolute Gasteiger partial charge is 0.198 e. The van der Waals surface area contributed by atoms with E-state index < -0.39 is 0 Å². The van der Waals surface area contributed by atoms with Gasteiger partial charge in [0.1, 0.15) is 0 Å². The van der Waals surface area contributed by atoms with Gasteiger partial charge in [-0.05, 0) is 33.1 Å². The number of rotatable bonds is 5. The molecule has 0 aromatic heterocycles. The Labute approximate surface area is 75.4 Å². The Morgan fingerprint density at radius 1 is 1.33 bits per heavy atom. The molecule has 0 amide bonds.